The molecule has 0 aliphatic heterocycles. The van der Waals surface area contributed by atoms with E-state index in [9.17, 15) is 26.7 Å². The van der Waals surface area contributed by atoms with Gasteiger partial charge in [0.1, 0.15) is 6.61 Å². The summed E-state index contributed by atoms with van der Waals surface area (Å²) in [6.07, 6.45) is 4.70. The van der Waals surface area contributed by atoms with Crippen LogP contribution in [-0.4, -0.2) is 30.7 Å². The van der Waals surface area contributed by atoms with Gasteiger partial charge in [-0.2, -0.15) is 8.78 Å². The zero-order valence-electron chi connectivity index (χ0n) is 12.0. The Morgan fingerprint density at radius 1 is 0.958 bits per heavy atom. The van der Waals surface area contributed by atoms with Crippen molar-refractivity contribution >= 4 is 27.6 Å². The average molecular weight is 386 g/mol. The fraction of sp³-hybridized carbons (Fsp3) is 0.357. The van der Waals surface area contributed by atoms with Crippen molar-refractivity contribution in [2.24, 2.45) is 0 Å². The summed E-state index contributed by atoms with van der Waals surface area (Å²) >= 11 is 0. The third kappa shape index (κ3) is 5.89. The Labute approximate surface area is 142 Å². The van der Waals surface area contributed by atoms with Crippen LogP contribution in [0, 0.1) is 41.4 Å². The van der Waals surface area contributed by atoms with Crippen molar-refractivity contribution < 1.29 is 36.2 Å². The quantitative estimate of drug-likeness (QED) is 0.0945. The highest BCUT2D eigenvalue weighted by molar-refractivity contribution is 8.76. The molecule has 1 aromatic carbocycles. The Morgan fingerprint density at radius 3 is 2.08 bits per heavy atom. The van der Waals surface area contributed by atoms with E-state index in [0.29, 0.717) is 12.4 Å². The van der Waals surface area contributed by atoms with Crippen LogP contribution >= 0.6 is 21.6 Å². The van der Waals surface area contributed by atoms with Crippen LogP contribution < -0.4 is 4.74 Å². The summed E-state index contributed by atoms with van der Waals surface area (Å²) in [6, 6.07) is 0. The van der Waals surface area contributed by atoms with Crippen LogP contribution in [0.1, 0.15) is 6.42 Å². The zero-order chi connectivity index (χ0) is 18.1. The van der Waals surface area contributed by atoms with Gasteiger partial charge in [0.05, 0.1) is 13.0 Å². The van der Waals surface area contributed by atoms with Crippen molar-refractivity contribution in [2.75, 3.05) is 24.7 Å². The minimum absolute atomic E-state index is 0.194. The maximum atomic E-state index is 13.3. The lowest BCUT2D eigenvalue weighted by Crippen LogP contribution is -2.13. The number of ether oxygens (including phenoxy) is 2. The first-order valence-electron chi connectivity index (χ1n) is 6.37. The monoisotopic (exact) mass is 386 g/mol. The van der Waals surface area contributed by atoms with Gasteiger partial charge in [-0.25, -0.2) is 13.2 Å². The standard InChI is InChI=1S/C14H11F5O3S2/c1-2-4-21-5-7-24-23-6-3-8(20)22-14-12(18)10(16)9(15)11(17)13(14)19/h1H,3-7H2. The summed E-state index contributed by atoms with van der Waals surface area (Å²) in [7, 11) is 2.62. The number of carbonyl (C=O) groups excluding carboxylic acids is 1. The highest BCUT2D eigenvalue weighted by Gasteiger charge is 2.28. The smallest absolute Gasteiger partial charge is 0.312 e. The lowest BCUT2D eigenvalue weighted by atomic mass is 10.2. The minimum atomic E-state index is -2.32. The summed E-state index contributed by atoms with van der Waals surface area (Å²) in [4.78, 5) is 11.4. The Morgan fingerprint density at radius 2 is 1.50 bits per heavy atom. The summed E-state index contributed by atoms with van der Waals surface area (Å²) in [5.41, 5.74) is 0. The molecule has 0 heterocycles. The molecule has 0 fully saturated rings. The van der Waals surface area contributed by atoms with Crippen LogP contribution in [0.25, 0.3) is 0 Å². The Hall–Kier alpha value is -1.44. The van der Waals surface area contributed by atoms with E-state index in [1.54, 1.807) is 0 Å². The molecule has 0 saturated carbocycles. The van der Waals surface area contributed by atoms with Gasteiger partial charge < -0.3 is 9.47 Å². The summed E-state index contributed by atoms with van der Waals surface area (Å²) in [5, 5.41) is 0. The van der Waals surface area contributed by atoms with Gasteiger partial charge in [0, 0.05) is 11.5 Å². The first kappa shape index (κ1) is 20.6. The van der Waals surface area contributed by atoms with Crippen molar-refractivity contribution in [3.8, 4) is 18.1 Å². The lowest BCUT2D eigenvalue weighted by molar-refractivity contribution is -0.134. The van der Waals surface area contributed by atoms with Crippen molar-refractivity contribution in [3.63, 3.8) is 0 Å². The molecule has 10 heteroatoms. The van der Waals surface area contributed by atoms with Gasteiger partial charge in [-0.15, -0.1) is 6.42 Å². The van der Waals surface area contributed by atoms with Crippen LogP contribution in [0.3, 0.4) is 0 Å². The van der Waals surface area contributed by atoms with E-state index >= 15 is 0 Å². The molecule has 0 atom stereocenters. The fourth-order valence-electron chi connectivity index (χ4n) is 1.31. The van der Waals surface area contributed by atoms with E-state index in [0.717, 1.165) is 0 Å². The summed E-state index contributed by atoms with van der Waals surface area (Å²) in [5.74, 6) is -10.6. The first-order valence-corrected chi connectivity index (χ1v) is 8.86. The molecule has 0 bridgehead atoms. The second kappa shape index (κ2) is 10.4. The molecular formula is C14H11F5O3S2. The summed E-state index contributed by atoms with van der Waals surface area (Å²) < 4.78 is 74.6. The molecule has 0 N–H and O–H groups in total. The van der Waals surface area contributed by atoms with E-state index in [4.69, 9.17) is 11.2 Å². The Kier molecular flexibility index (Phi) is 8.95. The molecule has 24 heavy (non-hydrogen) atoms. The molecule has 1 rings (SSSR count). The molecule has 0 aliphatic rings. The van der Waals surface area contributed by atoms with Crippen molar-refractivity contribution in [1.82, 2.24) is 0 Å². The summed E-state index contributed by atoms with van der Waals surface area (Å²) in [6.45, 7) is 0.607. The fourth-order valence-corrected chi connectivity index (χ4v) is 3.14. The average Bonchev–Trinajstić information content (AvgIpc) is 2.57. The maximum absolute atomic E-state index is 13.3. The molecular weight excluding hydrogens is 375 g/mol. The van der Waals surface area contributed by atoms with Crippen LogP contribution in [0.15, 0.2) is 0 Å². The molecule has 132 valence electrons. The zero-order valence-corrected chi connectivity index (χ0v) is 13.7. The van der Waals surface area contributed by atoms with Gasteiger partial charge in [-0.3, -0.25) is 4.79 Å². The minimum Gasteiger partial charge on any atom is -0.420 e. The number of benzene rings is 1. The van der Waals surface area contributed by atoms with Crippen molar-refractivity contribution in [1.29, 1.82) is 0 Å². The van der Waals surface area contributed by atoms with E-state index in [2.05, 4.69) is 10.7 Å². The number of halogens is 5. The Balaban J connectivity index is 2.43. The van der Waals surface area contributed by atoms with E-state index in [1.807, 2.05) is 0 Å². The van der Waals surface area contributed by atoms with Gasteiger partial charge in [0.2, 0.25) is 34.8 Å². The number of esters is 1. The predicted octanol–water partition coefficient (Wildman–Crippen LogP) is 3.71. The van der Waals surface area contributed by atoms with E-state index in [1.165, 1.54) is 21.6 Å². The van der Waals surface area contributed by atoms with Crippen molar-refractivity contribution in [2.45, 2.75) is 6.42 Å². The predicted molar refractivity (Wildman–Crippen MR) is 81.1 cm³/mol. The first-order chi connectivity index (χ1) is 11.4. The number of carbonyl (C=O) groups is 1. The van der Waals surface area contributed by atoms with Gasteiger partial charge in [-0.1, -0.05) is 27.5 Å². The number of rotatable bonds is 9. The number of terminal acetylenes is 1. The third-order valence-corrected chi connectivity index (χ3v) is 4.73. The molecule has 0 spiro atoms. The maximum Gasteiger partial charge on any atom is 0.312 e. The molecule has 0 saturated heterocycles. The van der Waals surface area contributed by atoms with Crippen molar-refractivity contribution in [3.05, 3.63) is 29.1 Å². The largest absolute Gasteiger partial charge is 0.420 e. The second-order valence-corrected chi connectivity index (χ2v) is 6.73. The van der Waals surface area contributed by atoms with Crippen LogP contribution in [0.5, 0.6) is 5.75 Å². The third-order valence-electron chi connectivity index (χ3n) is 2.35. The molecule has 0 radical (unpaired) electrons. The highest BCUT2D eigenvalue weighted by Crippen LogP contribution is 2.29. The molecule has 3 nitrogen and oxygen atoms in total. The molecule has 0 unspecified atom stereocenters. The lowest BCUT2D eigenvalue weighted by Gasteiger charge is -2.08. The van der Waals surface area contributed by atoms with Crippen LogP contribution in [0.4, 0.5) is 22.0 Å². The van der Waals surface area contributed by atoms with Gasteiger partial charge in [-0.05, 0) is 0 Å². The van der Waals surface area contributed by atoms with Gasteiger partial charge in [0.15, 0.2) is 0 Å². The topological polar surface area (TPSA) is 35.5 Å². The van der Waals surface area contributed by atoms with E-state index < -0.39 is 40.8 Å². The number of hydrogen-bond acceptors (Lipinski definition) is 5. The molecule has 0 aromatic heterocycles. The van der Waals surface area contributed by atoms with Gasteiger partial charge >= 0.3 is 5.97 Å². The molecule has 0 aliphatic carbocycles. The SMILES string of the molecule is C#CCOCCSSCCC(=O)Oc1c(F)c(F)c(F)c(F)c1F. The molecule has 0 amide bonds. The van der Waals surface area contributed by atoms with E-state index in [-0.39, 0.29) is 18.8 Å². The highest BCUT2D eigenvalue weighted by atomic mass is 33.1. The van der Waals surface area contributed by atoms with Gasteiger partial charge in [0.25, 0.3) is 0 Å². The number of hydrogen-bond donors (Lipinski definition) is 0. The normalized spacial score (nSPS) is 10.5. The van der Waals surface area contributed by atoms with Crippen LogP contribution in [0.2, 0.25) is 0 Å². The van der Waals surface area contributed by atoms with Crippen LogP contribution in [-0.2, 0) is 9.53 Å². The second-order valence-electron chi connectivity index (χ2n) is 4.02. The Bertz CT molecular complexity index is 605. The molecule has 1 aromatic rings.